The van der Waals surface area contributed by atoms with Gasteiger partial charge in [0.25, 0.3) is 5.91 Å². The SMILES string of the molecule is Cc1cc(C(=O)NC2(CN)CCCC2)cc(C)c1OC(F)F. The van der Waals surface area contributed by atoms with Crippen molar-refractivity contribution < 1.29 is 18.3 Å². The number of nitrogens with two attached hydrogens (primary N) is 1. The van der Waals surface area contributed by atoms with Crippen molar-refractivity contribution in [3.63, 3.8) is 0 Å². The minimum Gasteiger partial charge on any atom is -0.434 e. The first kappa shape index (κ1) is 16.7. The van der Waals surface area contributed by atoms with Crippen LogP contribution in [-0.2, 0) is 0 Å². The number of halogens is 2. The van der Waals surface area contributed by atoms with Crippen LogP contribution >= 0.6 is 0 Å². The highest BCUT2D eigenvalue weighted by Gasteiger charge is 2.34. The molecule has 1 aromatic carbocycles. The Morgan fingerprint density at radius 3 is 2.32 bits per heavy atom. The molecule has 22 heavy (non-hydrogen) atoms. The van der Waals surface area contributed by atoms with Crippen molar-refractivity contribution in [2.24, 2.45) is 5.73 Å². The van der Waals surface area contributed by atoms with Crippen molar-refractivity contribution in [1.29, 1.82) is 0 Å². The Bertz CT molecular complexity index is 532. The summed E-state index contributed by atoms with van der Waals surface area (Å²) >= 11 is 0. The zero-order valence-electron chi connectivity index (χ0n) is 12.9. The smallest absolute Gasteiger partial charge is 0.387 e. The molecule has 0 saturated heterocycles. The zero-order chi connectivity index (χ0) is 16.3. The van der Waals surface area contributed by atoms with E-state index >= 15 is 0 Å². The highest BCUT2D eigenvalue weighted by atomic mass is 19.3. The quantitative estimate of drug-likeness (QED) is 0.878. The summed E-state index contributed by atoms with van der Waals surface area (Å²) in [6.45, 7) is 0.825. The fourth-order valence-corrected chi connectivity index (χ4v) is 3.10. The monoisotopic (exact) mass is 312 g/mol. The van der Waals surface area contributed by atoms with Crippen LogP contribution in [0.25, 0.3) is 0 Å². The maximum Gasteiger partial charge on any atom is 0.387 e. The summed E-state index contributed by atoms with van der Waals surface area (Å²) in [5.41, 5.74) is 6.95. The average molecular weight is 312 g/mol. The third-order valence-corrected chi connectivity index (χ3v) is 4.26. The van der Waals surface area contributed by atoms with Crippen LogP contribution in [-0.4, -0.2) is 24.6 Å². The zero-order valence-corrected chi connectivity index (χ0v) is 12.9. The van der Waals surface area contributed by atoms with E-state index in [9.17, 15) is 13.6 Å². The summed E-state index contributed by atoms with van der Waals surface area (Å²) in [6.07, 6.45) is 3.85. The summed E-state index contributed by atoms with van der Waals surface area (Å²) in [5, 5.41) is 3.02. The second kappa shape index (κ2) is 6.60. The van der Waals surface area contributed by atoms with E-state index in [0.717, 1.165) is 25.7 Å². The van der Waals surface area contributed by atoms with Gasteiger partial charge in [-0.1, -0.05) is 12.8 Å². The topological polar surface area (TPSA) is 64.4 Å². The third kappa shape index (κ3) is 3.55. The summed E-state index contributed by atoms with van der Waals surface area (Å²) < 4.78 is 29.3. The fourth-order valence-electron chi connectivity index (χ4n) is 3.10. The van der Waals surface area contributed by atoms with Gasteiger partial charge in [0, 0.05) is 12.1 Å². The van der Waals surface area contributed by atoms with Crippen LogP contribution in [0.15, 0.2) is 12.1 Å². The second-order valence-electron chi connectivity index (χ2n) is 5.96. The van der Waals surface area contributed by atoms with Crippen LogP contribution in [0.3, 0.4) is 0 Å². The molecule has 0 spiro atoms. The number of hydrogen-bond acceptors (Lipinski definition) is 3. The van der Waals surface area contributed by atoms with E-state index in [4.69, 9.17) is 5.73 Å². The Morgan fingerprint density at radius 1 is 1.32 bits per heavy atom. The maximum atomic E-state index is 12.4. The van der Waals surface area contributed by atoms with Gasteiger partial charge in [0.05, 0.1) is 5.54 Å². The van der Waals surface area contributed by atoms with Crippen LogP contribution < -0.4 is 15.8 Å². The summed E-state index contributed by atoms with van der Waals surface area (Å²) in [7, 11) is 0. The van der Waals surface area contributed by atoms with Gasteiger partial charge in [0.15, 0.2) is 0 Å². The number of carbonyl (C=O) groups is 1. The molecule has 6 heteroatoms. The Kier molecular flexibility index (Phi) is 5.01. The van der Waals surface area contributed by atoms with Crippen LogP contribution in [0.5, 0.6) is 5.75 Å². The van der Waals surface area contributed by atoms with Gasteiger partial charge in [-0.15, -0.1) is 0 Å². The number of alkyl halides is 2. The van der Waals surface area contributed by atoms with E-state index in [0.29, 0.717) is 23.2 Å². The molecule has 0 bridgehead atoms. The number of benzene rings is 1. The molecule has 0 heterocycles. The van der Waals surface area contributed by atoms with Gasteiger partial charge in [0.1, 0.15) is 5.75 Å². The number of amides is 1. The lowest BCUT2D eigenvalue weighted by molar-refractivity contribution is -0.0507. The molecule has 3 N–H and O–H groups in total. The Labute approximate surface area is 129 Å². The number of ether oxygens (including phenoxy) is 1. The molecule has 0 atom stereocenters. The number of aryl methyl sites for hydroxylation is 2. The molecule has 1 amide bonds. The molecular weight excluding hydrogens is 290 g/mol. The molecule has 0 aromatic heterocycles. The number of rotatable bonds is 5. The van der Waals surface area contributed by atoms with Gasteiger partial charge in [-0.3, -0.25) is 4.79 Å². The van der Waals surface area contributed by atoms with E-state index in [2.05, 4.69) is 10.1 Å². The van der Waals surface area contributed by atoms with Gasteiger partial charge in [0.2, 0.25) is 0 Å². The molecular formula is C16H22F2N2O2. The van der Waals surface area contributed by atoms with E-state index in [1.54, 1.807) is 26.0 Å². The van der Waals surface area contributed by atoms with E-state index in [1.807, 2.05) is 0 Å². The Hall–Kier alpha value is -1.69. The Morgan fingerprint density at radius 2 is 1.86 bits per heavy atom. The third-order valence-electron chi connectivity index (χ3n) is 4.26. The van der Waals surface area contributed by atoms with Crippen molar-refractivity contribution in [2.75, 3.05) is 6.54 Å². The molecule has 1 fully saturated rings. The predicted molar refractivity (Wildman–Crippen MR) is 80.3 cm³/mol. The van der Waals surface area contributed by atoms with Crippen molar-refractivity contribution in [1.82, 2.24) is 5.32 Å². The largest absolute Gasteiger partial charge is 0.434 e. The molecule has 1 saturated carbocycles. The molecule has 1 aromatic rings. The molecule has 1 aliphatic rings. The van der Waals surface area contributed by atoms with Gasteiger partial charge in [-0.05, 0) is 49.9 Å². The molecule has 4 nitrogen and oxygen atoms in total. The van der Waals surface area contributed by atoms with Gasteiger partial charge in [-0.2, -0.15) is 8.78 Å². The first-order valence-electron chi connectivity index (χ1n) is 7.45. The standard InChI is InChI=1S/C16H22F2N2O2/c1-10-7-12(8-11(2)13(10)22-15(17)18)14(21)20-16(9-19)5-3-4-6-16/h7-8,15H,3-6,9,19H2,1-2H3,(H,20,21). The van der Waals surface area contributed by atoms with Gasteiger partial charge < -0.3 is 15.8 Å². The van der Waals surface area contributed by atoms with Crippen LogP contribution in [0.2, 0.25) is 0 Å². The Balaban J connectivity index is 2.20. The minimum atomic E-state index is -2.88. The van der Waals surface area contributed by atoms with E-state index in [1.165, 1.54) is 0 Å². The summed E-state index contributed by atoms with van der Waals surface area (Å²) in [5.74, 6) is -0.0944. The molecule has 0 unspecified atom stereocenters. The van der Waals surface area contributed by atoms with Crippen molar-refractivity contribution in [2.45, 2.75) is 51.7 Å². The highest BCUT2D eigenvalue weighted by molar-refractivity contribution is 5.95. The average Bonchev–Trinajstić information content (AvgIpc) is 2.91. The minimum absolute atomic E-state index is 0.126. The second-order valence-corrected chi connectivity index (χ2v) is 5.96. The first-order valence-corrected chi connectivity index (χ1v) is 7.45. The highest BCUT2D eigenvalue weighted by Crippen LogP contribution is 2.30. The van der Waals surface area contributed by atoms with Crippen LogP contribution in [0.4, 0.5) is 8.78 Å². The molecule has 0 aliphatic heterocycles. The van der Waals surface area contributed by atoms with E-state index in [-0.39, 0.29) is 17.2 Å². The van der Waals surface area contributed by atoms with Crippen LogP contribution in [0, 0.1) is 13.8 Å². The lowest BCUT2D eigenvalue weighted by atomic mass is 9.96. The molecule has 2 rings (SSSR count). The number of hydrogen-bond donors (Lipinski definition) is 2. The first-order chi connectivity index (χ1) is 10.4. The lowest BCUT2D eigenvalue weighted by Gasteiger charge is -2.29. The summed E-state index contributed by atoms with van der Waals surface area (Å²) in [6, 6.07) is 3.14. The van der Waals surface area contributed by atoms with Gasteiger partial charge >= 0.3 is 6.61 Å². The maximum absolute atomic E-state index is 12.4. The molecule has 1 aliphatic carbocycles. The summed E-state index contributed by atoms with van der Waals surface area (Å²) in [4.78, 5) is 12.4. The van der Waals surface area contributed by atoms with Crippen molar-refractivity contribution in [3.8, 4) is 5.75 Å². The number of nitrogens with one attached hydrogen (secondary N) is 1. The van der Waals surface area contributed by atoms with Crippen molar-refractivity contribution in [3.05, 3.63) is 28.8 Å². The fraction of sp³-hybridized carbons (Fsp3) is 0.562. The molecule has 122 valence electrons. The normalized spacial score (nSPS) is 16.8. The predicted octanol–water partition coefficient (Wildman–Crippen LogP) is 2.91. The van der Waals surface area contributed by atoms with Crippen molar-refractivity contribution >= 4 is 5.91 Å². The van der Waals surface area contributed by atoms with E-state index < -0.39 is 6.61 Å². The molecule has 0 radical (unpaired) electrons. The lowest BCUT2D eigenvalue weighted by Crippen LogP contribution is -2.51. The van der Waals surface area contributed by atoms with Gasteiger partial charge in [-0.25, -0.2) is 0 Å². The number of carbonyl (C=O) groups excluding carboxylic acids is 1. The van der Waals surface area contributed by atoms with Crippen LogP contribution in [0.1, 0.15) is 47.2 Å².